The third-order valence-electron chi connectivity index (χ3n) is 5.19. The number of hydrogen-bond donors (Lipinski definition) is 1. The first-order valence-corrected chi connectivity index (χ1v) is 9.91. The molecule has 0 spiro atoms. The molecule has 1 aliphatic heterocycles. The number of nitrogens with one attached hydrogen (secondary N) is 1. The Morgan fingerprint density at radius 2 is 1.86 bits per heavy atom. The zero-order valence-corrected chi connectivity index (χ0v) is 17.2. The fraction of sp³-hybridized carbons (Fsp3) is 0.435. The zero-order valence-electron chi connectivity index (χ0n) is 17.2. The smallest absolute Gasteiger partial charge is 0.272 e. The summed E-state index contributed by atoms with van der Waals surface area (Å²) in [5.74, 6) is 0.156. The summed E-state index contributed by atoms with van der Waals surface area (Å²) < 4.78 is 0. The molecular formula is C23H29N3O2. The van der Waals surface area contributed by atoms with Gasteiger partial charge in [0.25, 0.3) is 11.8 Å². The van der Waals surface area contributed by atoms with E-state index in [1.807, 2.05) is 29.2 Å². The highest BCUT2D eigenvalue weighted by Crippen LogP contribution is 2.24. The topological polar surface area (TPSA) is 62.3 Å². The molecule has 5 nitrogen and oxygen atoms in total. The van der Waals surface area contributed by atoms with Crippen LogP contribution in [0.3, 0.4) is 0 Å². The third-order valence-corrected chi connectivity index (χ3v) is 5.19. The van der Waals surface area contributed by atoms with Gasteiger partial charge in [0, 0.05) is 30.5 Å². The molecule has 1 saturated heterocycles. The van der Waals surface area contributed by atoms with Crippen LogP contribution >= 0.6 is 0 Å². The lowest BCUT2D eigenvalue weighted by Crippen LogP contribution is -2.39. The first kappa shape index (κ1) is 20.1. The van der Waals surface area contributed by atoms with Crippen LogP contribution in [-0.4, -0.2) is 34.8 Å². The van der Waals surface area contributed by atoms with E-state index in [9.17, 15) is 9.59 Å². The molecule has 1 fully saturated rings. The van der Waals surface area contributed by atoms with E-state index >= 15 is 0 Å². The number of rotatable bonds is 3. The molecule has 1 aromatic heterocycles. The van der Waals surface area contributed by atoms with Crippen LogP contribution in [0.2, 0.25) is 0 Å². The molecule has 0 aliphatic carbocycles. The zero-order chi connectivity index (χ0) is 20.3. The van der Waals surface area contributed by atoms with E-state index in [0.29, 0.717) is 17.2 Å². The van der Waals surface area contributed by atoms with Crippen molar-refractivity contribution in [1.82, 2.24) is 9.88 Å². The second-order valence-corrected chi connectivity index (χ2v) is 8.71. The number of pyridine rings is 1. The van der Waals surface area contributed by atoms with E-state index in [-0.39, 0.29) is 17.2 Å². The molecule has 1 unspecified atom stereocenters. The van der Waals surface area contributed by atoms with Crippen LogP contribution in [0, 0.1) is 5.92 Å². The lowest BCUT2D eigenvalue weighted by atomic mass is 9.87. The van der Waals surface area contributed by atoms with Gasteiger partial charge >= 0.3 is 0 Å². The minimum Gasteiger partial charge on any atom is -0.337 e. The largest absolute Gasteiger partial charge is 0.337 e. The summed E-state index contributed by atoms with van der Waals surface area (Å²) in [5.41, 5.74) is 2.76. The number of carbonyl (C=O) groups excluding carboxylic acids is 2. The van der Waals surface area contributed by atoms with Crippen molar-refractivity contribution in [2.45, 2.75) is 46.0 Å². The standard InChI is InChI=1S/C23H29N3O2/c1-16-6-5-13-26(15-16)22(28)20-14-17(11-12-24-20)21(27)25-19-9-7-18(8-10-19)23(2,3)4/h7-12,14,16H,5-6,13,15H2,1-4H3,(H,25,27). The van der Waals surface area contributed by atoms with Crippen LogP contribution in [0.15, 0.2) is 42.6 Å². The number of benzene rings is 1. The summed E-state index contributed by atoms with van der Waals surface area (Å²) in [6.07, 6.45) is 3.68. The van der Waals surface area contributed by atoms with Gasteiger partial charge in [-0.15, -0.1) is 0 Å². The molecule has 0 bridgehead atoms. The Bertz CT molecular complexity index is 853. The summed E-state index contributed by atoms with van der Waals surface area (Å²) >= 11 is 0. The minimum atomic E-state index is -0.244. The monoisotopic (exact) mass is 379 g/mol. The molecule has 1 aliphatic rings. The van der Waals surface area contributed by atoms with E-state index < -0.39 is 0 Å². The molecule has 1 atom stereocenters. The van der Waals surface area contributed by atoms with Crippen molar-refractivity contribution in [3.63, 3.8) is 0 Å². The number of likely N-dealkylation sites (tertiary alicyclic amines) is 1. The average Bonchev–Trinajstić information content (AvgIpc) is 2.67. The molecule has 2 amide bonds. The van der Waals surface area contributed by atoms with E-state index in [2.05, 4.69) is 38.0 Å². The maximum atomic E-state index is 12.7. The predicted molar refractivity (Wildman–Crippen MR) is 112 cm³/mol. The molecule has 1 aromatic carbocycles. The molecule has 28 heavy (non-hydrogen) atoms. The summed E-state index contributed by atoms with van der Waals surface area (Å²) in [4.78, 5) is 31.4. The van der Waals surface area contributed by atoms with E-state index in [1.165, 1.54) is 11.8 Å². The van der Waals surface area contributed by atoms with Crippen LogP contribution in [0.1, 0.15) is 66.9 Å². The van der Waals surface area contributed by atoms with Crippen LogP contribution < -0.4 is 5.32 Å². The molecule has 3 rings (SSSR count). The fourth-order valence-corrected chi connectivity index (χ4v) is 3.48. The number of piperidine rings is 1. The van der Waals surface area contributed by atoms with Gasteiger partial charge in [0.15, 0.2) is 0 Å². The Hall–Kier alpha value is -2.69. The molecule has 2 aromatic rings. The number of hydrogen-bond acceptors (Lipinski definition) is 3. The highest BCUT2D eigenvalue weighted by molar-refractivity contribution is 6.05. The number of nitrogens with zero attached hydrogens (tertiary/aromatic N) is 2. The Kier molecular flexibility index (Phi) is 5.82. The van der Waals surface area contributed by atoms with Gasteiger partial charge in [0.1, 0.15) is 5.69 Å². The highest BCUT2D eigenvalue weighted by Gasteiger charge is 2.23. The van der Waals surface area contributed by atoms with Gasteiger partial charge in [-0.05, 0) is 54.0 Å². The maximum absolute atomic E-state index is 12.7. The van der Waals surface area contributed by atoms with Crippen molar-refractivity contribution in [3.8, 4) is 0 Å². The summed E-state index contributed by atoms with van der Waals surface area (Å²) in [7, 11) is 0. The Labute approximate surface area is 167 Å². The Morgan fingerprint density at radius 3 is 2.50 bits per heavy atom. The summed E-state index contributed by atoms with van der Waals surface area (Å²) in [6, 6.07) is 11.1. The number of anilines is 1. The van der Waals surface area contributed by atoms with E-state index in [4.69, 9.17) is 0 Å². The van der Waals surface area contributed by atoms with Crippen LogP contribution in [0.5, 0.6) is 0 Å². The molecule has 148 valence electrons. The van der Waals surface area contributed by atoms with Crippen LogP contribution in [0.25, 0.3) is 0 Å². The Morgan fingerprint density at radius 1 is 1.14 bits per heavy atom. The Balaban J connectivity index is 1.71. The van der Waals surface area contributed by atoms with Gasteiger partial charge < -0.3 is 10.2 Å². The van der Waals surface area contributed by atoms with Crippen molar-refractivity contribution in [3.05, 3.63) is 59.4 Å². The predicted octanol–water partition coefficient (Wildman–Crippen LogP) is 4.50. The first-order valence-electron chi connectivity index (χ1n) is 9.91. The van der Waals surface area contributed by atoms with Gasteiger partial charge in [0.2, 0.25) is 0 Å². The van der Waals surface area contributed by atoms with Crippen molar-refractivity contribution in [1.29, 1.82) is 0 Å². The normalized spacial score (nSPS) is 17.3. The quantitative estimate of drug-likeness (QED) is 0.854. The third kappa shape index (κ3) is 4.77. The van der Waals surface area contributed by atoms with Crippen LogP contribution in [0.4, 0.5) is 5.69 Å². The van der Waals surface area contributed by atoms with Gasteiger partial charge in [0.05, 0.1) is 0 Å². The van der Waals surface area contributed by atoms with Crippen molar-refractivity contribution >= 4 is 17.5 Å². The maximum Gasteiger partial charge on any atom is 0.272 e. The molecule has 2 heterocycles. The average molecular weight is 380 g/mol. The first-order chi connectivity index (χ1) is 13.2. The van der Waals surface area contributed by atoms with Gasteiger partial charge in [-0.25, -0.2) is 0 Å². The second kappa shape index (κ2) is 8.13. The summed E-state index contributed by atoms with van der Waals surface area (Å²) in [5, 5.41) is 2.90. The number of amides is 2. The highest BCUT2D eigenvalue weighted by atomic mass is 16.2. The number of aromatic nitrogens is 1. The number of carbonyl (C=O) groups is 2. The van der Waals surface area contributed by atoms with Crippen molar-refractivity contribution in [2.24, 2.45) is 5.92 Å². The molecule has 5 heteroatoms. The SMILES string of the molecule is CC1CCCN(C(=O)c2cc(C(=O)Nc3ccc(C(C)(C)C)cc3)ccn2)C1. The molecule has 1 N–H and O–H groups in total. The van der Waals surface area contributed by atoms with Crippen LogP contribution in [-0.2, 0) is 5.41 Å². The van der Waals surface area contributed by atoms with Crippen molar-refractivity contribution in [2.75, 3.05) is 18.4 Å². The molecule has 0 saturated carbocycles. The van der Waals surface area contributed by atoms with Gasteiger partial charge in [-0.3, -0.25) is 14.6 Å². The van der Waals surface area contributed by atoms with Gasteiger partial charge in [-0.2, -0.15) is 0 Å². The lowest BCUT2D eigenvalue weighted by Gasteiger charge is -2.30. The van der Waals surface area contributed by atoms with E-state index in [0.717, 1.165) is 31.6 Å². The second-order valence-electron chi connectivity index (χ2n) is 8.71. The lowest BCUT2D eigenvalue weighted by molar-refractivity contribution is 0.0677. The van der Waals surface area contributed by atoms with Gasteiger partial charge in [-0.1, -0.05) is 39.8 Å². The van der Waals surface area contributed by atoms with E-state index in [1.54, 1.807) is 12.1 Å². The molecule has 0 radical (unpaired) electrons. The summed E-state index contributed by atoms with van der Waals surface area (Å²) in [6.45, 7) is 10.1. The minimum absolute atomic E-state index is 0.0643. The van der Waals surface area contributed by atoms with Crippen molar-refractivity contribution < 1.29 is 9.59 Å². The fourth-order valence-electron chi connectivity index (χ4n) is 3.48. The molecular weight excluding hydrogens is 350 g/mol.